The van der Waals surface area contributed by atoms with Crippen molar-refractivity contribution in [3.05, 3.63) is 82.2 Å². The highest BCUT2D eigenvalue weighted by Crippen LogP contribution is 2.31. The highest BCUT2D eigenvalue weighted by atomic mass is 32.2. The predicted molar refractivity (Wildman–Crippen MR) is 98.3 cm³/mol. The van der Waals surface area contributed by atoms with E-state index in [4.69, 9.17) is 5.14 Å². The van der Waals surface area contributed by atoms with Gasteiger partial charge in [0.15, 0.2) is 0 Å². The molecule has 0 atom stereocenters. The minimum Gasteiger partial charge on any atom is -0.305 e. The smallest absolute Gasteiger partial charge is 0.280 e. The molecule has 0 amide bonds. The van der Waals surface area contributed by atoms with Crippen LogP contribution in [0.5, 0.6) is 0 Å². The van der Waals surface area contributed by atoms with Crippen molar-refractivity contribution in [2.24, 2.45) is 5.14 Å². The lowest BCUT2D eigenvalue weighted by atomic mass is 9.47. The van der Waals surface area contributed by atoms with Crippen LogP contribution in [0.25, 0.3) is 11.1 Å². The first-order valence-electron chi connectivity index (χ1n) is 7.59. The Bertz CT molecular complexity index is 1060. The van der Waals surface area contributed by atoms with E-state index in [1.807, 2.05) is 0 Å². The number of carbonyl (C=O) groups is 1. The second kappa shape index (κ2) is 6.70. The molecular formula is C17H13BN2O5S. The van der Waals surface area contributed by atoms with Crippen LogP contribution in [0.2, 0.25) is 0 Å². The standard InChI is InChI=1S/C17H13BN2O5S/c19-26(24,25)16-6-2-1-5-13(16)12-7-8-14(15(11-12)20(22)23)17(21)18-9-3-4-10-18/h1-11H,(H2,19,24,25). The van der Waals surface area contributed by atoms with Crippen molar-refractivity contribution in [2.45, 2.75) is 4.90 Å². The molecule has 9 heteroatoms. The summed E-state index contributed by atoms with van der Waals surface area (Å²) >= 11 is 0. The molecule has 0 bridgehead atoms. The van der Waals surface area contributed by atoms with Crippen LogP contribution >= 0.6 is 0 Å². The summed E-state index contributed by atoms with van der Waals surface area (Å²) in [4.78, 5) is 23.2. The number of nitrogens with two attached hydrogens (primary N) is 1. The van der Waals surface area contributed by atoms with Crippen LogP contribution in [0.15, 0.2) is 71.5 Å². The van der Waals surface area contributed by atoms with Crippen LogP contribution in [0, 0.1) is 10.1 Å². The van der Waals surface area contributed by atoms with E-state index in [1.165, 1.54) is 36.4 Å². The average molecular weight is 368 g/mol. The summed E-state index contributed by atoms with van der Waals surface area (Å²) in [5.74, 6) is 3.30. The molecule has 3 rings (SSSR count). The molecule has 0 saturated heterocycles. The Morgan fingerprint density at radius 2 is 1.73 bits per heavy atom. The summed E-state index contributed by atoms with van der Waals surface area (Å²) < 4.78 is 23.5. The van der Waals surface area contributed by atoms with Crippen LogP contribution in [-0.4, -0.2) is 25.7 Å². The van der Waals surface area contributed by atoms with Crippen LogP contribution in [0.1, 0.15) is 10.4 Å². The first kappa shape index (κ1) is 17.8. The molecule has 1 aliphatic rings. The molecule has 0 aliphatic carbocycles. The predicted octanol–water partition coefficient (Wildman–Crippen LogP) is 2.33. The van der Waals surface area contributed by atoms with Crippen LogP contribution in [-0.2, 0) is 10.0 Å². The van der Waals surface area contributed by atoms with Crippen LogP contribution in [0.3, 0.4) is 0 Å². The van der Waals surface area contributed by atoms with Crippen molar-refractivity contribution in [1.29, 1.82) is 0 Å². The molecule has 7 nitrogen and oxygen atoms in total. The maximum atomic E-state index is 12.5. The lowest BCUT2D eigenvalue weighted by molar-refractivity contribution is -0.385. The van der Waals surface area contributed by atoms with Gasteiger partial charge in [0.2, 0.25) is 10.0 Å². The number of nitrogens with zero attached hydrogens (tertiary/aromatic N) is 1. The lowest BCUT2D eigenvalue weighted by Crippen LogP contribution is -2.21. The monoisotopic (exact) mass is 368 g/mol. The van der Waals surface area contributed by atoms with Gasteiger partial charge in [-0.05, 0) is 17.7 Å². The number of carbonyl (C=O) groups excluding carboxylic acids is 1. The van der Waals surface area contributed by atoms with Gasteiger partial charge in [-0.2, -0.15) is 0 Å². The van der Waals surface area contributed by atoms with Crippen molar-refractivity contribution in [3.8, 4) is 11.1 Å². The molecule has 2 N–H and O–H groups in total. The molecule has 0 radical (unpaired) electrons. The van der Waals surface area contributed by atoms with Gasteiger partial charge in [0.25, 0.3) is 12.4 Å². The number of nitro benzene ring substituents is 1. The average Bonchev–Trinajstić information content (AvgIpc) is 3.14. The molecule has 0 saturated carbocycles. The third kappa shape index (κ3) is 3.35. The van der Waals surface area contributed by atoms with Gasteiger partial charge in [0.05, 0.1) is 15.4 Å². The molecule has 1 heterocycles. The topological polar surface area (TPSA) is 120 Å². The van der Waals surface area contributed by atoms with Crippen molar-refractivity contribution in [3.63, 3.8) is 0 Å². The van der Waals surface area contributed by atoms with Gasteiger partial charge in [-0.25, -0.2) is 13.6 Å². The van der Waals surface area contributed by atoms with Gasteiger partial charge in [-0.1, -0.05) is 36.4 Å². The summed E-state index contributed by atoms with van der Waals surface area (Å²) in [6, 6.07) is 9.95. The van der Waals surface area contributed by atoms with Gasteiger partial charge in [-0.15, -0.1) is 12.0 Å². The first-order valence-corrected chi connectivity index (χ1v) is 9.13. The Balaban J connectivity index is 2.14. The SMILES string of the molecule is NS(=O)(=O)c1ccccc1-c1ccc(C(=O)B2C=CC=C2)c([N+](=O)[O-])c1. The molecule has 1 aliphatic heterocycles. The van der Waals surface area contributed by atoms with Gasteiger partial charge in [-0.3, -0.25) is 10.1 Å². The minimum atomic E-state index is -4.01. The van der Waals surface area contributed by atoms with Gasteiger partial charge in [0.1, 0.15) is 5.68 Å². The molecule has 0 spiro atoms. The molecular weight excluding hydrogens is 355 g/mol. The zero-order valence-corrected chi connectivity index (χ0v) is 14.2. The molecule has 2 aromatic rings. The van der Waals surface area contributed by atoms with E-state index >= 15 is 0 Å². The Hall–Kier alpha value is -3.04. The fourth-order valence-corrected chi connectivity index (χ4v) is 3.56. The molecule has 26 heavy (non-hydrogen) atoms. The van der Waals surface area contributed by atoms with E-state index in [0.29, 0.717) is 0 Å². The molecule has 0 aromatic heterocycles. The van der Waals surface area contributed by atoms with Crippen molar-refractivity contribution < 1.29 is 18.1 Å². The Labute approximate surface area is 150 Å². The van der Waals surface area contributed by atoms with Gasteiger partial charge in [0, 0.05) is 11.6 Å². The van der Waals surface area contributed by atoms with Crippen LogP contribution in [0.4, 0.5) is 5.69 Å². The molecule has 2 aromatic carbocycles. The Morgan fingerprint density at radius 3 is 2.35 bits per heavy atom. The quantitative estimate of drug-likeness (QED) is 0.493. The molecule has 0 fully saturated rings. The number of primary sulfonamides is 1. The van der Waals surface area contributed by atoms with Crippen molar-refractivity contribution >= 4 is 28.1 Å². The van der Waals surface area contributed by atoms with Crippen LogP contribution < -0.4 is 5.14 Å². The lowest BCUT2D eigenvalue weighted by Gasteiger charge is -2.10. The summed E-state index contributed by atoms with van der Waals surface area (Å²) in [5, 5.41) is 16.7. The maximum Gasteiger partial charge on any atom is 0.280 e. The number of sulfonamides is 1. The number of hydrogen-bond acceptors (Lipinski definition) is 5. The highest BCUT2D eigenvalue weighted by molar-refractivity contribution is 7.89. The van der Waals surface area contributed by atoms with E-state index < -0.39 is 27.3 Å². The molecule has 130 valence electrons. The van der Waals surface area contributed by atoms with E-state index in [2.05, 4.69) is 0 Å². The van der Waals surface area contributed by atoms with Crippen molar-refractivity contribution in [2.75, 3.05) is 0 Å². The van der Waals surface area contributed by atoms with E-state index in [-0.39, 0.29) is 27.3 Å². The number of allylic oxidation sites excluding steroid dienone is 2. The van der Waals surface area contributed by atoms with E-state index in [9.17, 15) is 23.3 Å². The molecule has 0 unspecified atom stereocenters. The Morgan fingerprint density at radius 1 is 1.08 bits per heavy atom. The summed E-state index contributed by atoms with van der Waals surface area (Å²) in [6.45, 7) is -0.545. The number of benzene rings is 2. The fourth-order valence-electron chi connectivity index (χ4n) is 2.80. The van der Waals surface area contributed by atoms with Gasteiger partial charge < -0.3 is 4.79 Å². The third-order valence-electron chi connectivity index (χ3n) is 4.02. The van der Waals surface area contributed by atoms with E-state index in [1.54, 1.807) is 30.2 Å². The second-order valence-corrected chi connectivity index (χ2v) is 7.22. The van der Waals surface area contributed by atoms with Crippen molar-refractivity contribution in [1.82, 2.24) is 0 Å². The largest absolute Gasteiger partial charge is 0.305 e. The summed E-state index contributed by atoms with van der Waals surface area (Å²) in [5.41, 5.74) is -0.292. The normalized spacial score (nSPS) is 13.2. The number of nitro groups is 1. The maximum absolute atomic E-state index is 12.5. The zero-order valence-electron chi connectivity index (χ0n) is 13.4. The van der Waals surface area contributed by atoms with Gasteiger partial charge >= 0.3 is 0 Å². The summed E-state index contributed by atoms with van der Waals surface area (Å²) in [6.07, 6.45) is 3.40. The highest BCUT2D eigenvalue weighted by Gasteiger charge is 2.28. The minimum absolute atomic E-state index is 0.0342. The summed E-state index contributed by atoms with van der Waals surface area (Å²) in [7, 11) is -4.01. The Kier molecular flexibility index (Phi) is 4.58. The third-order valence-corrected chi connectivity index (χ3v) is 4.98. The number of rotatable bonds is 5. The van der Waals surface area contributed by atoms with E-state index in [0.717, 1.165) is 0 Å². The number of hydrogen-bond donors (Lipinski definition) is 1. The second-order valence-electron chi connectivity index (χ2n) is 5.69. The first-order chi connectivity index (χ1) is 12.3. The zero-order chi connectivity index (χ0) is 18.9. The fraction of sp³-hybridized carbons (Fsp3) is 0.